The van der Waals surface area contributed by atoms with Gasteiger partial charge in [0, 0.05) is 29.4 Å². The highest BCUT2D eigenvalue weighted by molar-refractivity contribution is 8.00. The van der Waals surface area contributed by atoms with Crippen molar-refractivity contribution in [3.63, 3.8) is 0 Å². The Morgan fingerprint density at radius 1 is 1.28 bits per heavy atom. The Bertz CT molecular complexity index is 658. The molecule has 1 aliphatic rings. The smallest absolute Gasteiger partial charge is 0.230 e. The first-order valence-electron chi connectivity index (χ1n) is 8.22. The fourth-order valence-electron chi connectivity index (χ4n) is 2.72. The van der Waals surface area contributed by atoms with Gasteiger partial charge in [-0.25, -0.2) is 4.39 Å². The molecule has 3 rings (SSSR count). The topological polar surface area (TPSA) is 41.6 Å². The maximum atomic E-state index is 12.9. The van der Waals surface area contributed by atoms with E-state index in [1.807, 2.05) is 6.07 Å². The van der Waals surface area contributed by atoms with E-state index in [2.05, 4.69) is 21.7 Å². The van der Waals surface area contributed by atoms with Crippen molar-refractivity contribution in [1.82, 2.24) is 10.2 Å². The van der Waals surface area contributed by atoms with Crippen LogP contribution in [0.3, 0.4) is 0 Å². The minimum absolute atomic E-state index is 0.0101. The molecule has 134 valence electrons. The molecule has 1 aliphatic heterocycles. The first kappa shape index (κ1) is 18.4. The van der Waals surface area contributed by atoms with Gasteiger partial charge in [-0.05, 0) is 35.7 Å². The minimum atomic E-state index is -0.266. The summed E-state index contributed by atoms with van der Waals surface area (Å²) in [6, 6.07) is 10.5. The summed E-state index contributed by atoms with van der Waals surface area (Å²) in [6.45, 7) is 3.81. The number of thiophene rings is 1. The number of carbonyl (C=O) groups is 1. The Morgan fingerprint density at radius 3 is 2.72 bits per heavy atom. The summed E-state index contributed by atoms with van der Waals surface area (Å²) in [7, 11) is 0. The van der Waals surface area contributed by atoms with Crippen molar-refractivity contribution >= 4 is 29.0 Å². The predicted octanol–water partition coefficient (Wildman–Crippen LogP) is 3.17. The first-order chi connectivity index (χ1) is 12.2. The molecule has 1 fully saturated rings. The van der Waals surface area contributed by atoms with Crippen molar-refractivity contribution in [2.75, 3.05) is 38.6 Å². The Morgan fingerprint density at radius 2 is 2.04 bits per heavy atom. The number of nitrogens with one attached hydrogen (secondary N) is 1. The molecule has 1 amide bonds. The Balaban J connectivity index is 1.51. The molecule has 2 heterocycles. The lowest BCUT2D eigenvalue weighted by atomic mass is 10.2. The molecule has 1 aromatic carbocycles. The second-order valence-corrected chi connectivity index (χ2v) is 7.75. The molecule has 0 spiro atoms. The van der Waals surface area contributed by atoms with Crippen LogP contribution in [0.4, 0.5) is 4.39 Å². The van der Waals surface area contributed by atoms with Crippen LogP contribution in [0, 0.1) is 5.82 Å². The van der Waals surface area contributed by atoms with Crippen molar-refractivity contribution in [3.05, 3.63) is 52.5 Å². The fourth-order valence-corrected chi connectivity index (χ4v) is 4.31. The van der Waals surface area contributed by atoms with Gasteiger partial charge in [-0.1, -0.05) is 6.07 Å². The quantitative estimate of drug-likeness (QED) is 0.749. The van der Waals surface area contributed by atoms with E-state index in [9.17, 15) is 9.18 Å². The van der Waals surface area contributed by atoms with Gasteiger partial charge in [-0.3, -0.25) is 9.69 Å². The highest BCUT2D eigenvalue weighted by Crippen LogP contribution is 2.25. The van der Waals surface area contributed by atoms with Gasteiger partial charge >= 0.3 is 0 Å². The molecule has 1 saturated heterocycles. The molecule has 1 unspecified atom stereocenters. The zero-order valence-electron chi connectivity index (χ0n) is 13.8. The lowest BCUT2D eigenvalue weighted by Crippen LogP contribution is -2.43. The van der Waals surface area contributed by atoms with Gasteiger partial charge in [0.1, 0.15) is 5.82 Å². The molecule has 0 bridgehead atoms. The van der Waals surface area contributed by atoms with E-state index in [1.165, 1.54) is 28.8 Å². The van der Waals surface area contributed by atoms with Crippen molar-refractivity contribution in [2.45, 2.75) is 10.9 Å². The van der Waals surface area contributed by atoms with Crippen LogP contribution in [0.5, 0.6) is 0 Å². The maximum absolute atomic E-state index is 12.9. The third-order valence-corrected chi connectivity index (χ3v) is 6.02. The molecule has 4 nitrogen and oxygen atoms in total. The monoisotopic (exact) mass is 380 g/mol. The molecule has 1 atom stereocenters. The van der Waals surface area contributed by atoms with Crippen molar-refractivity contribution in [2.24, 2.45) is 0 Å². The number of carbonyl (C=O) groups excluding carboxylic acids is 1. The number of ether oxygens (including phenoxy) is 1. The van der Waals surface area contributed by atoms with E-state index in [-0.39, 0.29) is 17.8 Å². The molecular weight excluding hydrogens is 359 g/mol. The number of halogens is 1. The van der Waals surface area contributed by atoms with Crippen LogP contribution in [0.1, 0.15) is 10.9 Å². The fraction of sp³-hybridized carbons (Fsp3) is 0.389. The van der Waals surface area contributed by atoms with Gasteiger partial charge < -0.3 is 10.1 Å². The lowest BCUT2D eigenvalue weighted by molar-refractivity contribution is -0.118. The zero-order chi connectivity index (χ0) is 17.5. The van der Waals surface area contributed by atoms with E-state index >= 15 is 0 Å². The van der Waals surface area contributed by atoms with Crippen LogP contribution in [0.2, 0.25) is 0 Å². The summed E-state index contributed by atoms with van der Waals surface area (Å²) in [5.41, 5.74) is 0. The molecule has 0 aliphatic carbocycles. The molecule has 0 radical (unpaired) electrons. The number of amides is 1. The average Bonchev–Trinajstić information content (AvgIpc) is 3.17. The van der Waals surface area contributed by atoms with Crippen LogP contribution < -0.4 is 5.32 Å². The molecule has 1 N–H and O–H groups in total. The van der Waals surface area contributed by atoms with E-state index in [1.54, 1.807) is 23.5 Å². The van der Waals surface area contributed by atoms with E-state index in [4.69, 9.17) is 4.74 Å². The number of nitrogens with zero attached hydrogens (tertiary/aromatic N) is 1. The summed E-state index contributed by atoms with van der Waals surface area (Å²) in [4.78, 5) is 16.7. The van der Waals surface area contributed by atoms with Crippen LogP contribution >= 0.6 is 23.1 Å². The zero-order valence-corrected chi connectivity index (χ0v) is 15.5. The molecular formula is C18H21FN2O2S2. The molecule has 0 saturated carbocycles. The summed E-state index contributed by atoms with van der Waals surface area (Å²) >= 11 is 3.13. The number of hydrogen-bond acceptors (Lipinski definition) is 5. The van der Waals surface area contributed by atoms with Crippen LogP contribution in [-0.4, -0.2) is 49.4 Å². The van der Waals surface area contributed by atoms with Gasteiger partial charge in [-0.2, -0.15) is 0 Å². The SMILES string of the molecule is O=C(CSc1ccc(F)cc1)NCC(c1cccs1)N1CCOCC1. The standard InChI is InChI=1S/C18H21FN2O2S2/c19-14-3-5-15(6-4-14)25-13-18(22)20-12-16(17-2-1-11-24-17)21-7-9-23-10-8-21/h1-6,11,16H,7-10,12-13H2,(H,20,22). The summed E-state index contributed by atoms with van der Waals surface area (Å²) in [6.07, 6.45) is 0. The number of benzene rings is 1. The summed E-state index contributed by atoms with van der Waals surface area (Å²) < 4.78 is 18.3. The van der Waals surface area contributed by atoms with Crippen LogP contribution in [0.15, 0.2) is 46.7 Å². The molecule has 7 heteroatoms. The highest BCUT2D eigenvalue weighted by atomic mass is 32.2. The van der Waals surface area contributed by atoms with Crippen LogP contribution in [0.25, 0.3) is 0 Å². The number of morpholine rings is 1. The first-order valence-corrected chi connectivity index (χ1v) is 10.1. The highest BCUT2D eigenvalue weighted by Gasteiger charge is 2.23. The van der Waals surface area contributed by atoms with Crippen molar-refractivity contribution in [3.8, 4) is 0 Å². The van der Waals surface area contributed by atoms with Gasteiger partial charge in [0.25, 0.3) is 0 Å². The van der Waals surface area contributed by atoms with E-state index < -0.39 is 0 Å². The van der Waals surface area contributed by atoms with Crippen LogP contribution in [-0.2, 0) is 9.53 Å². The number of rotatable bonds is 7. The largest absolute Gasteiger partial charge is 0.379 e. The van der Waals surface area contributed by atoms with E-state index in [0.29, 0.717) is 12.3 Å². The third kappa shape index (κ3) is 5.54. The normalized spacial score (nSPS) is 16.5. The van der Waals surface area contributed by atoms with Gasteiger partial charge in [0.15, 0.2) is 0 Å². The molecule has 2 aromatic rings. The second-order valence-electron chi connectivity index (χ2n) is 5.73. The summed E-state index contributed by atoms with van der Waals surface area (Å²) in [5.74, 6) is 0.0496. The Hall–Kier alpha value is -1.41. The van der Waals surface area contributed by atoms with Crippen molar-refractivity contribution in [1.29, 1.82) is 0 Å². The van der Waals surface area contributed by atoms with Crippen molar-refractivity contribution < 1.29 is 13.9 Å². The molecule has 1 aromatic heterocycles. The maximum Gasteiger partial charge on any atom is 0.230 e. The van der Waals surface area contributed by atoms with Gasteiger partial charge in [-0.15, -0.1) is 23.1 Å². The summed E-state index contributed by atoms with van der Waals surface area (Å²) in [5, 5.41) is 5.10. The number of hydrogen-bond donors (Lipinski definition) is 1. The predicted molar refractivity (Wildman–Crippen MR) is 99.6 cm³/mol. The molecule has 25 heavy (non-hydrogen) atoms. The Labute approximate surface area is 155 Å². The minimum Gasteiger partial charge on any atom is -0.379 e. The average molecular weight is 381 g/mol. The third-order valence-electron chi connectivity index (χ3n) is 4.03. The Kier molecular flexibility index (Phi) is 6.86. The lowest BCUT2D eigenvalue weighted by Gasteiger charge is -2.34. The second kappa shape index (κ2) is 9.33. The van der Waals surface area contributed by atoms with Gasteiger partial charge in [0.2, 0.25) is 5.91 Å². The van der Waals surface area contributed by atoms with Gasteiger partial charge in [0.05, 0.1) is 25.0 Å². The van der Waals surface area contributed by atoms with E-state index in [0.717, 1.165) is 31.2 Å². The number of thioether (sulfide) groups is 1.